The Labute approximate surface area is 177 Å². The highest BCUT2D eigenvalue weighted by Crippen LogP contribution is 2.19. The van der Waals surface area contributed by atoms with Gasteiger partial charge < -0.3 is 10.3 Å². The van der Waals surface area contributed by atoms with Gasteiger partial charge in [-0.15, -0.1) is 0 Å². The standard InChI is InChI=1S/C23H27N3O3S/c1-3-13-26-30(28,29)20-8-5-18(6-9-20)7-11-23(27)24-14-12-19-16-25-22-15-17(2)4-10-21(19)22/h4-11,15-16,25-26H,3,12-14H2,1-2H3,(H,24,27)/b11-7+. The summed E-state index contributed by atoms with van der Waals surface area (Å²) in [6.07, 6.45) is 6.57. The molecule has 1 aromatic heterocycles. The monoisotopic (exact) mass is 425 g/mol. The third-order valence-corrected chi connectivity index (χ3v) is 6.25. The van der Waals surface area contributed by atoms with Crippen molar-refractivity contribution in [3.05, 3.63) is 71.4 Å². The molecule has 0 aliphatic heterocycles. The van der Waals surface area contributed by atoms with Crippen molar-refractivity contribution in [3.63, 3.8) is 0 Å². The Balaban J connectivity index is 1.52. The molecule has 0 fully saturated rings. The largest absolute Gasteiger partial charge is 0.361 e. The smallest absolute Gasteiger partial charge is 0.244 e. The lowest BCUT2D eigenvalue weighted by molar-refractivity contribution is -0.116. The number of fused-ring (bicyclic) bond motifs is 1. The number of benzene rings is 2. The molecule has 0 atom stereocenters. The minimum Gasteiger partial charge on any atom is -0.361 e. The number of aromatic amines is 1. The molecule has 0 saturated carbocycles. The average Bonchev–Trinajstić information content (AvgIpc) is 3.13. The van der Waals surface area contributed by atoms with E-state index >= 15 is 0 Å². The normalized spacial score (nSPS) is 11.9. The van der Waals surface area contributed by atoms with Gasteiger partial charge in [-0.1, -0.05) is 31.2 Å². The zero-order valence-electron chi connectivity index (χ0n) is 17.2. The van der Waals surface area contributed by atoms with E-state index in [1.807, 2.05) is 13.1 Å². The van der Waals surface area contributed by atoms with Crippen molar-refractivity contribution in [1.82, 2.24) is 15.0 Å². The summed E-state index contributed by atoms with van der Waals surface area (Å²) in [5.41, 5.74) is 4.23. The van der Waals surface area contributed by atoms with Gasteiger partial charge in [-0.05, 0) is 60.7 Å². The number of H-pyrrole nitrogens is 1. The van der Waals surface area contributed by atoms with Crippen LogP contribution in [0.25, 0.3) is 17.0 Å². The van der Waals surface area contributed by atoms with Crippen molar-refractivity contribution in [2.75, 3.05) is 13.1 Å². The fourth-order valence-corrected chi connectivity index (χ4v) is 4.27. The molecular formula is C23H27N3O3S. The third-order valence-electron chi connectivity index (χ3n) is 4.78. The summed E-state index contributed by atoms with van der Waals surface area (Å²) in [4.78, 5) is 15.6. The van der Waals surface area contributed by atoms with E-state index in [0.29, 0.717) is 13.1 Å². The number of carbonyl (C=O) groups is 1. The Bertz CT molecular complexity index is 1150. The first-order chi connectivity index (χ1) is 14.4. The number of aryl methyl sites for hydroxylation is 1. The summed E-state index contributed by atoms with van der Waals surface area (Å²) < 4.78 is 26.7. The maximum atomic E-state index is 12.1. The average molecular weight is 426 g/mol. The highest BCUT2D eigenvalue weighted by Gasteiger charge is 2.12. The molecule has 3 N–H and O–H groups in total. The molecule has 0 spiro atoms. The fourth-order valence-electron chi connectivity index (χ4n) is 3.14. The number of rotatable bonds is 9. The molecule has 30 heavy (non-hydrogen) atoms. The van der Waals surface area contributed by atoms with E-state index in [-0.39, 0.29) is 10.8 Å². The Morgan fingerprint density at radius 1 is 1.10 bits per heavy atom. The van der Waals surface area contributed by atoms with Gasteiger partial charge in [0.1, 0.15) is 0 Å². The molecule has 0 bridgehead atoms. The summed E-state index contributed by atoms with van der Waals surface area (Å²) in [5, 5.41) is 4.06. The maximum absolute atomic E-state index is 12.1. The summed E-state index contributed by atoms with van der Waals surface area (Å²) >= 11 is 0. The molecule has 158 valence electrons. The van der Waals surface area contributed by atoms with Crippen molar-refractivity contribution in [2.24, 2.45) is 0 Å². The Kier molecular flexibility index (Phi) is 7.07. The second kappa shape index (κ2) is 9.73. The minimum absolute atomic E-state index is 0.188. The topological polar surface area (TPSA) is 91.1 Å². The van der Waals surface area contributed by atoms with Gasteiger partial charge in [0.25, 0.3) is 0 Å². The second-order valence-electron chi connectivity index (χ2n) is 7.20. The zero-order chi connectivity index (χ0) is 21.6. The van der Waals surface area contributed by atoms with Crippen LogP contribution >= 0.6 is 0 Å². The number of amides is 1. The molecule has 0 radical (unpaired) electrons. The SMILES string of the molecule is CCCNS(=O)(=O)c1ccc(/C=C/C(=O)NCCc2c[nH]c3cc(C)ccc23)cc1. The van der Waals surface area contributed by atoms with Gasteiger partial charge in [0, 0.05) is 36.3 Å². The van der Waals surface area contributed by atoms with Crippen LogP contribution in [0.15, 0.2) is 59.6 Å². The van der Waals surface area contributed by atoms with E-state index in [1.54, 1.807) is 18.2 Å². The highest BCUT2D eigenvalue weighted by molar-refractivity contribution is 7.89. The van der Waals surface area contributed by atoms with Crippen LogP contribution < -0.4 is 10.0 Å². The molecule has 1 heterocycles. The Morgan fingerprint density at radius 2 is 1.87 bits per heavy atom. The molecule has 2 aromatic carbocycles. The van der Waals surface area contributed by atoms with Crippen molar-refractivity contribution in [1.29, 1.82) is 0 Å². The predicted molar refractivity (Wildman–Crippen MR) is 121 cm³/mol. The van der Waals surface area contributed by atoms with Crippen molar-refractivity contribution >= 4 is 32.9 Å². The molecule has 3 aromatic rings. The molecule has 0 aliphatic carbocycles. The minimum atomic E-state index is -3.48. The third kappa shape index (κ3) is 5.58. The zero-order valence-corrected chi connectivity index (χ0v) is 18.1. The number of sulfonamides is 1. The first kappa shape index (κ1) is 21.8. The molecule has 0 aliphatic rings. The molecule has 0 unspecified atom stereocenters. The Morgan fingerprint density at radius 3 is 2.60 bits per heavy atom. The van der Waals surface area contributed by atoms with Gasteiger partial charge in [-0.25, -0.2) is 13.1 Å². The summed E-state index contributed by atoms with van der Waals surface area (Å²) in [5.74, 6) is -0.188. The van der Waals surface area contributed by atoms with E-state index in [0.717, 1.165) is 23.9 Å². The van der Waals surface area contributed by atoms with Gasteiger partial charge in [-0.2, -0.15) is 0 Å². The molecule has 3 rings (SSSR count). The molecule has 7 heteroatoms. The molecule has 0 saturated heterocycles. The first-order valence-corrected chi connectivity index (χ1v) is 11.5. The molecule has 1 amide bonds. The van der Waals surface area contributed by atoms with Crippen LogP contribution in [0.4, 0.5) is 0 Å². The van der Waals surface area contributed by atoms with Gasteiger partial charge in [-0.3, -0.25) is 4.79 Å². The molecular weight excluding hydrogens is 398 g/mol. The number of hydrogen-bond donors (Lipinski definition) is 3. The summed E-state index contributed by atoms with van der Waals surface area (Å²) in [7, 11) is -3.48. The summed E-state index contributed by atoms with van der Waals surface area (Å²) in [6, 6.07) is 12.7. The lowest BCUT2D eigenvalue weighted by atomic mass is 10.1. The number of nitrogens with one attached hydrogen (secondary N) is 3. The lowest BCUT2D eigenvalue weighted by Gasteiger charge is -2.05. The Hall–Kier alpha value is -2.90. The maximum Gasteiger partial charge on any atom is 0.244 e. The van der Waals surface area contributed by atoms with Crippen LogP contribution in [0.5, 0.6) is 0 Å². The highest BCUT2D eigenvalue weighted by atomic mass is 32.2. The van der Waals surface area contributed by atoms with E-state index in [1.165, 1.54) is 34.7 Å². The quantitative estimate of drug-likeness (QED) is 0.458. The van der Waals surface area contributed by atoms with Crippen molar-refractivity contribution < 1.29 is 13.2 Å². The van der Waals surface area contributed by atoms with Gasteiger partial charge in [0.05, 0.1) is 4.90 Å². The van der Waals surface area contributed by atoms with E-state index in [2.05, 4.69) is 40.1 Å². The van der Waals surface area contributed by atoms with Crippen LogP contribution in [0, 0.1) is 6.92 Å². The van der Waals surface area contributed by atoms with Crippen LogP contribution in [-0.2, 0) is 21.2 Å². The predicted octanol–water partition coefficient (Wildman–Crippen LogP) is 3.54. The van der Waals surface area contributed by atoms with E-state index in [9.17, 15) is 13.2 Å². The number of carbonyl (C=O) groups excluding carboxylic acids is 1. The second-order valence-corrected chi connectivity index (χ2v) is 8.97. The molecule has 6 nitrogen and oxygen atoms in total. The van der Waals surface area contributed by atoms with Crippen molar-refractivity contribution in [2.45, 2.75) is 31.6 Å². The van der Waals surface area contributed by atoms with Gasteiger partial charge in [0.15, 0.2) is 0 Å². The van der Waals surface area contributed by atoms with Crippen LogP contribution in [-0.4, -0.2) is 32.4 Å². The lowest BCUT2D eigenvalue weighted by Crippen LogP contribution is -2.24. The van der Waals surface area contributed by atoms with E-state index < -0.39 is 10.0 Å². The van der Waals surface area contributed by atoms with Crippen LogP contribution in [0.2, 0.25) is 0 Å². The van der Waals surface area contributed by atoms with Gasteiger partial charge in [0.2, 0.25) is 15.9 Å². The van der Waals surface area contributed by atoms with Gasteiger partial charge >= 0.3 is 0 Å². The van der Waals surface area contributed by atoms with Crippen molar-refractivity contribution in [3.8, 4) is 0 Å². The number of aromatic nitrogens is 1. The first-order valence-electron chi connectivity index (χ1n) is 10.0. The van der Waals surface area contributed by atoms with Crippen LogP contribution in [0.3, 0.4) is 0 Å². The summed E-state index contributed by atoms with van der Waals surface area (Å²) in [6.45, 7) is 4.90. The van der Waals surface area contributed by atoms with E-state index in [4.69, 9.17) is 0 Å². The van der Waals surface area contributed by atoms with Crippen LogP contribution in [0.1, 0.15) is 30.0 Å². The number of hydrogen-bond acceptors (Lipinski definition) is 3. The fraction of sp³-hybridized carbons (Fsp3) is 0.261.